The van der Waals surface area contributed by atoms with E-state index in [0.29, 0.717) is 34.0 Å². The molecule has 8 heteroatoms. The summed E-state index contributed by atoms with van der Waals surface area (Å²) in [6, 6.07) is 6.22. The molecule has 2 heterocycles. The zero-order valence-electron chi connectivity index (χ0n) is 16.4. The molecule has 0 saturated heterocycles. The van der Waals surface area contributed by atoms with E-state index < -0.39 is 5.97 Å². The molecule has 0 spiro atoms. The number of carboxylic acid groups (broad SMARTS) is 1. The number of amides is 1. The Morgan fingerprint density at radius 2 is 2.00 bits per heavy atom. The Labute approximate surface area is 166 Å². The average Bonchev–Trinajstić information content (AvgIpc) is 3.45. The molecule has 0 aliphatic heterocycles. The summed E-state index contributed by atoms with van der Waals surface area (Å²) >= 11 is 0. The van der Waals surface area contributed by atoms with Crippen LogP contribution in [0.4, 0.5) is 5.69 Å². The number of nitrogens with zero attached hydrogens (tertiary/aromatic N) is 2. The van der Waals surface area contributed by atoms with Crippen LogP contribution in [0.15, 0.2) is 28.8 Å². The van der Waals surface area contributed by atoms with Crippen molar-refractivity contribution in [1.82, 2.24) is 10.1 Å². The van der Waals surface area contributed by atoms with E-state index in [1.807, 2.05) is 13.8 Å². The van der Waals surface area contributed by atoms with Crippen molar-refractivity contribution < 1.29 is 24.0 Å². The highest BCUT2D eigenvalue weighted by atomic mass is 16.5. The van der Waals surface area contributed by atoms with Gasteiger partial charge in [-0.1, -0.05) is 19.0 Å². The van der Waals surface area contributed by atoms with E-state index in [-0.39, 0.29) is 23.1 Å². The molecule has 1 fully saturated rings. The van der Waals surface area contributed by atoms with Crippen LogP contribution in [-0.2, 0) is 0 Å². The Balaban J connectivity index is 1.74. The predicted octanol–water partition coefficient (Wildman–Crippen LogP) is 4.18. The summed E-state index contributed by atoms with van der Waals surface area (Å²) in [4.78, 5) is 29.0. The molecule has 1 aliphatic carbocycles. The molecule has 0 atom stereocenters. The summed E-state index contributed by atoms with van der Waals surface area (Å²) in [7, 11) is 1.38. The minimum atomic E-state index is -1.10. The van der Waals surface area contributed by atoms with Gasteiger partial charge >= 0.3 is 5.97 Å². The number of anilines is 1. The molecule has 3 aromatic rings. The van der Waals surface area contributed by atoms with Gasteiger partial charge in [-0.25, -0.2) is 9.78 Å². The third-order valence-corrected chi connectivity index (χ3v) is 4.97. The molecule has 0 radical (unpaired) electrons. The van der Waals surface area contributed by atoms with Gasteiger partial charge in [0, 0.05) is 23.4 Å². The number of methoxy groups -OCH3 is 1. The van der Waals surface area contributed by atoms with E-state index in [2.05, 4.69) is 15.5 Å². The monoisotopic (exact) mass is 395 g/mol. The maximum Gasteiger partial charge on any atom is 0.339 e. The summed E-state index contributed by atoms with van der Waals surface area (Å²) < 4.78 is 10.6. The van der Waals surface area contributed by atoms with Gasteiger partial charge in [-0.3, -0.25) is 4.79 Å². The minimum absolute atomic E-state index is 0.0222. The fraction of sp³-hybridized carbons (Fsp3) is 0.333. The van der Waals surface area contributed by atoms with Crippen molar-refractivity contribution in [3.63, 3.8) is 0 Å². The van der Waals surface area contributed by atoms with Gasteiger partial charge < -0.3 is 19.7 Å². The summed E-state index contributed by atoms with van der Waals surface area (Å²) in [6.45, 7) is 3.95. The van der Waals surface area contributed by atoms with Crippen molar-refractivity contribution in [3.05, 3.63) is 46.8 Å². The van der Waals surface area contributed by atoms with Crippen LogP contribution in [0.25, 0.3) is 11.1 Å². The number of aromatic carboxylic acids is 1. The molecule has 0 unspecified atom stereocenters. The Hall–Kier alpha value is -3.42. The third kappa shape index (κ3) is 3.53. The second-order valence-corrected chi connectivity index (χ2v) is 7.45. The number of hydrogen-bond donors (Lipinski definition) is 2. The number of carbonyl (C=O) groups is 2. The molecule has 1 amide bonds. The zero-order chi connectivity index (χ0) is 20.7. The Morgan fingerprint density at radius 1 is 1.24 bits per heavy atom. The topological polar surface area (TPSA) is 115 Å². The van der Waals surface area contributed by atoms with Crippen LogP contribution in [0.2, 0.25) is 0 Å². The van der Waals surface area contributed by atoms with Gasteiger partial charge in [-0.15, -0.1) is 0 Å². The third-order valence-electron chi connectivity index (χ3n) is 4.97. The van der Waals surface area contributed by atoms with E-state index in [0.717, 1.165) is 18.5 Å². The normalized spacial score (nSPS) is 13.7. The fourth-order valence-electron chi connectivity index (χ4n) is 3.30. The number of carboxylic acids is 1. The summed E-state index contributed by atoms with van der Waals surface area (Å²) in [5, 5.41) is 16.8. The van der Waals surface area contributed by atoms with Crippen LogP contribution >= 0.6 is 0 Å². The smallest absolute Gasteiger partial charge is 0.339 e. The molecule has 0 bridgehead atoms. The number of ether oxygens (including phenoxy) is 1. The van der Waals surface area contributed by atoms with Gasteiger partial charge in [-0.2, -0.15) is 0 Å². The van der Waals surface area contributed by atoms with Crippen LogP contribution in [0.1, 0.15) is 70.6 Å². The number of pyridine rings is 1. The second kappa shape index (κ2) is 7.20. The zero-order valence-corrected chi connectivity index (χ0v) is 16.4. The van der Waals surface area contributed by atoms with Crippen molar-refractivity contribution in [3.8, 4) is 5.75 Å². The average molecular weight is 395 g/mol. The molecular weight excluding hydrogens is 374 g/mol. The molecule has 29 heavy (non-hydrogen) atoms. The SMILES string of the molecule is COc1cc(NC(=O)c2cc(C3CC3)nc3onc(C(C)C)c23)ccc1C(=O)O. The fourth-order valence-corrected chi connectivity index (χ4v) is 3.30. The lowest BCUT2D eigenvalue weighted by Crippen LogP contribution is -2.14. The maximum absolute atomic E-state index is 13.1. The van der Waals surface area contributed by atoms with E-state index in [4.69, 9.17) is 9.26 Å². The van der Waals surface area contributed by atoms with Crippen molar-refractivity contribution in [2.24, 2.45) is 0 Å². The molecule has 2 aromatic heterocycles. The molecule has 150 valence electrons. The highest BCUT2D eigenvalue weighted by Gasteiger charge is 2.29. The van der Waals surface area contributed by atoms with Gasteiger partial charge in [0.2, 0.25) is 0 Å². The minimum Gasteiger partial charge on any atom is -0.496 e. The van der Waals surface area contributed by atoms with E-state index in [9.17, 15) is 14.7 Å². The van der Waals surface area contributed by atoms with Crippen molar-refractivity contribution >= 4 is 28.7 Å². The van der Waals surface area contributed by atoms with Crippen molar-refractivity contribution in [1.29, 1.82) is 0 Å². The molecule has 1 saturated carbocycles. The van der Waals surface area contributed by atoms with Gasteiger partial charge in [0.25, 0.3) is 11.6 Å². The first-order valence-electron chi connectivity index (χ1n) is 9.42. The Morgan fingerprint density at radius 3 is 2.62 bits per heavy atom. The molecule has 2 N–H and O–H groups in total. The summed E-state index contributed by atoms with van der Waals surface area (Å²) in [6.07, 6.45) is 2.08. The lowest BCUT2D eigenvalue weighted by Gasteiger charge is -2.11. The van der Waals surface area contributed by atoms with Gasteiger partial charge in [0.15, 0.2) is 0 Å². The first kappa shape index (κ1) is 18.9. The molecule has 1 aliphatic rings. The van der Waals surface area contributed by atoms with Crippen LogP contribution in [0.3, 0.4) is 0 Å². The number of rotatable bonds is 6. The molecule has 8 nitrogen and oxygen atoms in total. The van der Waals surface area contributed by atoms with Crippen molar-refractivity contribution in [2.45, 2.75) is 38.5 Å². The van der Waals surface area contributed by atoms with Crippen LogP contribution < -0.4 is 10.1 Å². The Kier molecular flexibility index (Phi) is 4.70. The van der Waals surface area contributed by atoms with Gasteiger partial charge in [0.1, 0.15) is 11.3 Å². The number of benzene rings is 1. The number of aromatic nitrogens is 2. The van der Waals surface area contributed by atoms with Crippen LogP contribution in [0.5, 0.6) is 5.75 Å². The highest BCUT2D eigenvalue weighted by Crippen LogP contribution is 2.41. The molecule has 1 aromatic carbocycles. The lowest BCUT2D eigenvalue weighted by molar-refractivity contribution is 0.0693. The Bertz CT molecular complexity index is 1110. The number of fused-ring (bicyclic) bond motifs is 1. The summed E-state index contributed by atoms with van der Waals surface area (Å²) in [5.41, 5.74) is 2.77. The maximum atomic E-state index is 13.1. The highest BCUT2D eigenvalue weighted by molar-refractivity contribution is 6.12. The molecule has 4 rings (SSSR count). The van der Waals surface area contributed by atoms with Crippen LogP contribution in [0, 0.1) is 0 Å². The quantitative estimate of drug-likeness (QED) is 0.643. The predicted molar refractivity (Wildman–Crippen MR) is 106 cm³/mol. The van der Waals surface area contributed by atoms with Crippen LogP contribution in [-0.4, -0.2) is 34.2 Å². The van der Waals surface area contributed by atoms with Gasteiger partial charge in [0.05, 0.1) is 23.8 Å². The van der Waals surface area contributed by atoms with Gasteiger partial charge in [-0.05, 0) is 37.0 Å². The molecular formula is C21H21N3O5. The number of carbonyl (C=O) groups excluding carboxylic acids is 1. The number of hydrogen-bond acceptors (Lipinski definition) is 6. The first-order valence-corrected chi connectivity index (χ1v) is 9.42. The first-order chi connectivity index (χ1) is 13.9. The van der Waals surface area contributed by atoms with Crippen molar-refractivity contribution in [2.75, 3.05) is 12.4 Å². The van der Waals surface area contributed by atoms with E-state index in [1.54, 1.807) is 6.07 Å². The van der Waals surface area contributed by atoms with E-state index >= 15 is 0 Å². The standard InChI is InChI=1S/C21H21N3O5/c1-10(2)18-17-14(9-15(11-4-5-11)23-20(17)29-24-18)19(25)22-12-6-7-13(21(26)27)16(8-12)28-3/h6-11H,4-5H2,1-3H3,(H,22,25)(H,26,27). The largest absolute Gasteiger partial charge is 0.496 e. The summed E-state index contributed by atoms with van der Waals surface area (Å²) in [5.74, 6) is -0.869. The van der Waals surface area contributed by atoms with E-state index in [1.165, 1.54) is 25.3 Å². The number of nitrogens with one attached hydrogen (secondary N) is 1. The lowest BCUT2D eigenvalue weighted by atomic mass is 10.0. The second-order valence-electron chi connectivity index (χ2n) is 7.45.